The van der Waals surface area contributed by atoms with E-state index in [0.717, 1.165) is 5.76 Å². The van der Waals surface area contributed by atoms with Gasteiger partial charge in [0, 0.05) is 6.07 Å². The van der Waals surface area contributed by atoms with Gasteiger partial charge in [-0.15, -0.1) is 0 Å². The van der Waals surface area contributed by atoms with Crippen LogP contribution in [0, 0.1) is 0 Å². The van der Waals surface area contributed by atoms with Crippen LogP contribution < -0.4 is 10.6 Å². The van der Waals surface area contributed by atoms with E-state index in [2.05, 4.69) is 20.6 Å². The highest BCUT2D eigenvalue weighted by Gasteiger charge is 2.09. The van der Waals surface area contributed by atoms with Crippen molar-refractivity contribution in [1.29, 1.82) is 0 Å². The maximum Gasteiger partial charge on any atom is 0.337 e. The number of furan rings is 1. The van der Waals surface area contributed by atoms with E-state index in [-0.39, 0.29) is 5.56 Å². The largest absolute Gasteiger partial charge is 0.478 e. The number of hydrogen-bond donors (Lipinski definition) is 3. The summed E-state index contributed by atoms with van der Waals surface area (Å²) in [7, 11) is 0. The van der Waals surface area contributed by atoms with Crippen LogP contribution in [0.3, 0.4) is 0 Å². The molecule has 1 aromatic carbocycles. The first-order valence-corrected chi connectivity index (χ1v) is 6.90. The molecule has 0 aliphatic rings. The summed E-state index contributed by atoms with van der Waals surface area (Å²) in [4.78, 5) is 19.4. The molecule has 2 heterocycles. The minimum atomic E-state index is -1.00. The number of carboxylic acid groups (broad SMARTS) is 1. The molecule has 0 saturated carbocycles. The number of anilines is 3. The Labute approximate surface area is 132 Å². The van der Waals surface area contributed by atoms with Gasteiger partial charge in [0.15, 0.2) is 0 Å². The van der Waals surface area contributed by atoms with E-state index in [0.29, 0.717) is 23.9 Å². The zero-order valence-electron chi connectivity index (χ0n) is 12.1. The Hall–Kier alpha value is -3.35. The third kappa shape index (κ3) is 3.65. The van der Waals surface area contributed by atoms with Crippen molar-refractivity contribution < 1.29 is 14.3 Å². The highest BCUT2D eigenvalue weighted by Crippen LogP contribution is 2.20. The van der Waals surface area contributed by atoms with Crippen molar-refractivity contribution in [2.75, 3.05) is 10.6 Å². The predicted octanol–water partition coefficient (Wildman–Crippen LogP) is 3.12. The number of carbonyl (C=O) groups is 1. The molecule has 0 spiro atoms. The van der Waals surface area contributed by atoms with Crippen molar-refractivity contribution in [2.45, 2.75) is 6.54 Å². The van der Waals surface area contributed by atoms with Crippen LogP contribution >= 0.6 is 0 Å². The third-order valence-electron chi connectivity index (χ3n) is 3.11. The molecule has 23 heavy (non-hydrogen) atoms. The van der Waals surface area contributed by atoms with E-state index in [9.17, 15) is 9.90 Å². The summed E-state index contributed by atoms with van der Waals surface area (Å²) in [5, 5.41) is 15.3. The van der Waals surface area contributed by atoms with Gasteiger partial charge in [0.05, 0.1) is 24.1 Å². The molecular weight excluding hydrogens is 296 g/mol. The topological polar surface area (TPSA) is 100 Å². The number of carboxylic acids is 1. The van der Waals surface area contributed by atoms with E-state index >= 15 is 0 Å². The molecule has 3 rings (SSSR count). The highest BCUT2D eigenvalue weighted by molar-refractivity contribution is 5.95. The van der Waals surface area contributed by atoms with Gasteiger partial charge in [0.25, 0.3) is 0 Å². The average molecular weight is 310 g/mol. The van der Waals surface area contributed by atoms with Crippen molar-refractivity contribution >= 4 is 23.3 Å². The lowest BCUT2D eigenvalue weighted by atomic mass is 10.2. The highest BCUT2D eigenvalue weighted by atomic mass is 16.4. The van der Waals surface area contributed by atoms with E-state index < -0.39 is 5.97 Å². The summed E-state index contributed by atoms with van der Waals surface area (Å²) in [6.45, 7) is 0.495. The number of rotatable bonds is 6. The first-order valence-electron chi connectivity index (χ1n) is 6.90. The average Bonchev–Trinajstić information content (AvgIpc) is 3.07. The normalized spacial score (nSPS) is 10.3. The fourth-order valence-corrected chi connectivity index (χ4v) is 2.03. The molecule has 0 atom stereocenters. The lowest BCUT2D eigenvalue weighted by molar-refractivity contribution is 0.0698. The van der Waals surface area contributed by atoms with Gasteiger partial charge in [-0.2, -0.15) is 0 Å². The Morgan fingerprint density at radius 2 is 1.96 bits per heavy atom. The molecule has 3 N–H and O–H groups in total. The Morgan fingerprint density at radius 3 is 2.74 bits per heavy atom. The number of benzene rings is 1. The molecule has 3 aromatic rings. The summed E-state index contributed by atoms with van der Waals surface area (Å²) in [5.74, 6) is 0.884. The number of hydrogen-bond acceptors (Lipinski definition) is 6. The number of aromatic nitrogens is 2. The van der Waals surface area contributed by atoms with E-state index in [1.54, 1.807) is 30.5 Å². The minimum absolute atomic E-state index is 0.177. The zero-order chi connectivity index (χ0) is 16.1. The molecule has 0 aliphatic heterocycles. The quantitative estimate of drug-likeness (QED) is 0.643. The van der Waals surface area contributed by atoms with Crippen molar-refractivity contribution in [3.8, 4) is 0 Å². The summed E-state index contributed by atoms with van der Waals surface area (Å²) in [5.41, 5.74) is 0.645. The van der Waals surface area contributed by atoms with Crippen LogP contribution in [0.25, 0.3) is 0 Å². The van der Waals surface area contributed by atoms with Gasteiger partial charge in [0.2, 0.25) is 0 Å². The van der Waals surface area contributed by atoms with Crippen molar-refractivity contribution in [3.05, 3.63) is 66.4 Å². The number of para-hydroxylation sites is 1. The maximum atomic E-state index is 11.2. The molecule has 0 radical (unpaired) electrons. The number of nitrogens with one attached hydrogen (secondary N) is 2. The molecule has 0 saturated heterocycles. The molecule has 0 fully saturated rings. The molecule has 116 valence electrons. The van der Waals surface area contributed by atoms with Gasteiger partial charge in [-0.25, -0.2) is 14.8 Å². The second kappa shape index (κ2) is 6.61. The van der Waals surface area contributed by atoms with Gasteiger partial charge in [-0.05, 0) is 24.3 Å². The van der Waals surface area contributed by atoms with E-state index in [4.69, 9.17) is 4.42 Å². The second-order valence-corrected chi connectivity index (χ2v) is 4.70. The summed E-state index contributed by atoms with van der Waals surface area (Å²) < 4.78 is 5.24. The SMILES string of the molecule is O=C(O)c1ccccc1Nc1cc(NCc2ccco2)ncn1. The molecular formula is C16H14N4O3. The van der Waals surface area contributed by atoms with Crippen molar-refractivity contribution in [2.24, 2.45) is 0 Å². The summed E-state index contributed by atoms with van der Waals surface area (Å²) in [6.07, 6.45) is 3.00. The van der Waals surface area contributed by atoms with Crippen molar-refractivity contribution in [1.82, 2.24) is 9.97 Å². The van der Waals surface area contributed by atoms with Crippen LogP contribution in [-0.2, 0) is 6.54 Å². The lowest BCUT2D eigenvalue weighted by Crippen LogP contribution is -2.05. The van der Waals surface area contributed by atoms with E-state index in [1.165, 1.54) is 12.4 Å². The summed E-state index contributed by atoms with van der Waals surface area (Å²) >= 11 is 0. The zero-order valence-corrected chi connectivity index (χ0v) is 12.1. The van der Waals surface area contributed by atoms with E-state index in [1.807, 2.05) is 12.1 Å². The van der Waals surface area contributed by atoms with Gasteiger partial charge in [0.1, 0.15) is 23.7 Å². The third-order valence-corrected chi connectivity index (χ3v) is 3.11. The van der Waals surface area contributed by atoms with Crippen molar-refractivity contribution in [3.63, 3.8) is 0 Å². The second-order valence-electron chi connectivity index (χ2n) is 4.70. The van der Waals surface area contributed by atoms with Crippen LogP contribution in [0.4, 0.5) is 17.3 Å². The minimum Gasteiger partial charge on any atom is -0.478 e. The first-order chi connectivity index (χ1) is 11.2. The fourth-order valence-electron chi connectivity index (χ4n) is 2.03. The Bertz CT molecular complexity index is 803. The van der Waals surface area contributed by atoms with Gasteiger partial charge in [-0.3, -0.25) is 0 Å². The summed E-state index contributed by atoms with van der Waals surface area (Å²) in [6, 6.07) is 12.0. The Kier molecular flexibility index (Phi) is 4.19. The van der Waals surface area contributed by atoms with Crippen LogP contribution in [0.1, 0.15) is 16.1 Å². The van der Waals surface area contributed by atoms with Crippen LogP contribution in [0.5, 0.6) is 0 Å². The molecule has 7 nitrogen and oxygen atoms in total. The van der Waals surface area contributed by atoms with Crippen LogP contribution in [0.15, 0.2) is 59.5 Å². The van der Waals surface area contributed by atoms with Gasteiger partial charge < -0.3 is 20.2 Å². The maximum absolute atomic E-state index is 11.2. The molecule has 0 bridgehead atoms. The monoisotopic (exact) mass is 310 g/mol. The standard InChI is InChI=1S/C16H14N4O3/c21-16(22)12-5-1-2-6-13(12)20-15-8-14(18-10-19-15)17-9-11-4-3-7-23-11/h1-8,10H,9H2,(H,21,22)(H2,17,18,19,20). The smallest absolute Gasteiger partial charge is 0.337 e. The molecule has 0 unspecified atom stereocenters. The lowest BCUT2D eigenvalue weighted by Gasteiger charge is -2.10. The number of nitrogens with zero attached hydrogens (tertiary/aromatic N) is 2. The van der Waals surface area contributed by atoms with Gasteiger partial charge in [-0.1, -0.05) is 12.1 Å². The van der Waals surface area contributed by atoms with Crippen LogP contribution in [-0.4, -0.2) is 21.0 Å². The Balaban J connectivity index is 1.74. The fraction of sp³-hybridized carbons (Fsp3) is 0.0625. The molecule has 2 aromatic heterocycles. The Morgan fingerprint density at radius 1 is 1.13 bits per heavy atom. The molecule has 7 heteroatoms. The first kappa shape index (κ1) is 14.6. The van der Waals surface area contributed by atoms with Gasteiger partial charge >= 0.3 is 5.97 Å². The van der Waals surface area contributed by atoms with Crippen LogP contribution in [0.2, 0.25) is 0 Å². The predicted molar refractivity (Wildman–Crippen MR) is 84.8 cm³/mol. The molecule has 0 amide bonds. The molecule has 0 aliphatic carbocycles. The number of aromatic carboxylic acids is 1.